The molecule has 0 N–H and O–H groups in total. The van der Waals surface area contributed by atoms with Gasteiger partial charge in [0.2, 0.25) is 11.8 Å². The number of fused-ring (bicyclic) bond motifs is 1. The number of rotatable bonds is 6. The number of alkyl halides is 2. The van der Waals surface area contributed by atoms with E-state index < -0.39 is 12.6 Å². The largest absolute Gasteiger partial charge is 0.454 e. The summed E-state index contributed by atoms with van der Waals surface area (Å²) in [5, 5.41) is 0. The molecule has 3 aromatic carbocycles. The highest BCUT2D eigenvalue weighted by Gasteiger charge is 2.52. The minimum atomic E-state index is -0.700. The molecule has 1 saturated heterocycles. The van der Waals surface area contributed by atoms with E-state index in [0.717, 1.165) is 11.1 Å². The molecule has 8 heteroatoms. The van der Waals surface area contributed by atoms with Gasteiger partial charge in [-0.3, -0.25) is 19.3 Å². The molecule has 1 saturated carbocycles. The summed E-state index contributed by atoms with van der Waals surface area (Å²) in [6.45, 7) is -0.418. The number of hydrogen-bond donors (Lipinski definition) is 0. The van der Waals surface area contributed by atoms with Gasteiger partial charge in [-0.25, -0.2) is 4.79 Å². The van der Waals surface area contributed by atoms with Gasteiger partial charge in [-0.2, -0.15) is 0 Å². The quantitative estimate of drug-likeness (QED) is 0.149. The second-order valence-corrected chi connectivity index (χ2v) is 11.6. The number of carbonyl (C=O) groups excluding carboxylic acids is 4. The van der Waals surface area contributed by atoms with Crippen LogP contribution in [0, 0.1) is 11.8 Å². The number of anilines is 1. The average molecular weight is 625 g/mol. The number of amides is 2. The van der Waals surface area contributed by atoms with Crippen molar-refractivity contribution in [2.75, 3.05) is 11.5 Å². The van der Waals surface area contributed by atoms with E-state index in [4.69, 9.17) is 4.74 Å². The Morgan fingerprint density at radius 3 is 1.97 bits per heavy atom. The van der Waals surface area contributed by atoms with Crippen molar-refractivity contribution in [3.05, 3.63) is 90.0 Å². The molecule has 188 valence electrons. The number of hydrogen-bond acceptors (Lipinski definition) is 5. The van der Waals surface area contributed by atoms with E-state index in [9.17, 15) is 19.2 Å². The van der Waals surface area contributed by atoms with Crippen LogP contribution >= 0.6 is 31.9 Å². The van der Waals surface area contributed by atoms with Gasteiger partial charge in [0.1, 0.15) is 0 Å². The van der Waals surface area contributed by atoms with Crippen LogP contribution in [0.2, 0.25) is 0 Å². The topological polar surface area (TPSA) is 80.8 Å². The number of benzene rings is 3. The van der Waals surface area contributed by atoms with Crippen molar-refractivity contribution < 1.29 is 23.9 Å². The Balaban J connectivity index is 1.24. The van der Waals surface area contributed by atoms with Crippen molar-refractivity contribution in [2.24, 2.45) is 11.8 Å². The molecular weight excluding hydrogens is 602 g/mol. The van der Waals surface area contributed by atoms with E-state index in [1.807, 2.05) is 42.5 Å². The summed E-state index contributed by atoms with van der Waals surface area (Å²) >= 11 is 7.17. The molecule has 1 aliphatic heterocycles. The van der Waals surface area contributed by atoms with Crippen LogP contribution in [-0.4, -0.2) is 39.8 Å². The lowest BCUT2D eigenvalue weighted by Crippen LogP contribution is -2.34. The molecule has 4 atom stereocenters. The standard InChI is InChI=1S/C29H23Br2NO5/c30-24-14-22-23(15-25(24)31)28(35)32(27(22)34)21-8-4-7-20(13-21)29(36)37-16-26(33)19-11-9-18(10-12-19)17-5-2-1-3-6-17/h1-13,22-25H,14-16H2/t22-,23+,24+,25-. The second kappa shape index (κ2) is 10.7. The van der Waals surface area contributed by atoms with Crippen molar-refractivity contribution >= 4 is 61.1 Å². The van der Waals surface area contributed by atoms with E-state index in [2.05, 4.69) is 31.9 Å². The van der Waals surface area contributed by atoms with Gasteiger partial charge in [0.15, 0.2) is 12.4 Å². The van der Waals surface area contributed by atoms with E-state index >= 15 is 0 Å². The number of Topliss-reactive ketones (excluding diaryl/α,β-unsaturated/α-hetero) is 1. The number of ketones is 1. The first kappa shape index (κ1) is 25.5. The summed E-state index contributed by atoms with van der Waals surface area (Å²) in [7, 11) is 0. The number of imide groups is 1. The van der Waals surface area contributed by atoms with Crippen LogP contribution in [0.5, 0.6) is 0 Å². The molecule has 1 aliphatic carbocycles. The van der Waals surface area contributed by atoms with E-state index in [1.54, 1.807) is 24.3 Å². The van der Waals surface area contributed by atoms with Crippen LogP contribution < -0.4 is 4.90 Å². The van der Waals surface area contributed by atoms with Crippen LogP contribution in [0.4, 0.5) is 5.69 Å². The Labute approximate surface area is 231 Å². The highest BCUT2D eigenvalue weighted by Crippen LogP contribution is 2.44. The minimum Gasteiger partial charge on any atom is -0.454 e. The third-order valence-corrected chi connectivity index (χ3v) is 9.63. The van der Waals surface area contributed by atoms with Crippen molar-refractivity contribution in [1.29, 1.82) is 0 Å². The molecule has 2 aliphatic rings. The van der Waals surface area contributed by atoms with Crippen LogP contribution in [0.25, 0.3) is 11.1 Å². The summed E-state index contributed by atoms with van der Waals surface area (Å²) in [4.78, 5) is 52.9. The van der Waals surface area contributed by atoms with E-state index in [1.165, 1.54) is 17.0 Å². The lowest BCUT2D eigenvalue weighted by molar-refractivity contribution is -0.122. The maximum Gasteiger partial charge on any atom is 0.338 e. The SMILES string of the molecule is O=C(COC(=O)c1cccc(N2C(=O)[C@H]3C[C@@H](Br)[C@@H](Br)C[C@H]3C2=O)c1)c1ccc(-c2ccccc2)cc1. The Hall–Kier alpha value is -3.10. The molecule has 2 fully saturated rings. The maximum atomic E-state index is 13.1. The maximum absolute atomic E-state index is 13.1. The van der Waals surface area contributed by atoms with Crippen LogP contribution in [0.15, 0.2) is 78.9 Å². The Bertz CT molecular complexity index is 1330. The predicted octanol–water partition coefficient (Wildman–Crippen LogP) is 5.82. The first-order valence-corrected chi connectivity index (χ1v) is 13.8. The molecule has 0 spiro atoms. The summed E-state index contributed by atoms with van der Waals surface area (Å²) < 4.78 is 5.26. The highest BCUT2D eigenvalue weighted by molar-refractivity contribution is 9.12. The molecule has 0 unspecified atom stereocenters. The van der Waals surface area contributed by atoms with Crippen LogP contribution in [0.3, 0.4) is 0 Å². The number of nitrogens with zero attached hydrogens (tertiary/aromatic N) is 1. The Morgan fingerprint density at radius 2 is 1.35 bits per heavy atom. The van der Waals surface area contributed by atoms with E-state index in [0.29, 0.717) is 24.1 Å². The third kappa shape index (κ3) is 5.18. The zero-order chi connectivity index (χ0) is 26.1. The fourth-order valence-electron chi connectivity index (χ4n) is 4.90. The number of carbonyl (C=O) groups is 4. The fraction of sp³-hybridized carbons (Fsp3) is 0.241. The number of halogens is 2. The van der Waals surface area contributed by atoms with Crippen molar-refractivity contribution in [3.63, 3.8) is 0 Å². The van der Waals surface area contributed by atoms with Gasteiger partial charge in [0.05, 0.1) is 23.1 Å². The molecule has 0 bridgehead atoms. The second-order valence-electron chi connectivity index (χ2n) is 9.22. The van der Waals surface area contributed by atoms with Gasteiger partial charge in [-0.05, 0) is 42.2 Å². The van der Waals surface area contributed by atoms with Gasteiger partial charge >= 0.3 is 5.97 Å². The minimum absolute atomic E-state index is 0.110. The zero-order valence-corrected chi connectivity index (χ0v) is 22.9. The van der Waals surface area contributed by atoms with E-state index in [-0.39, 0.29) is 44.7 Å². The van der Waals surface area contributed by atoms with Crippen LogP contribution in [0.1, 0.15) is 33.6 Å². The fourth-order valence-corrected chi connectivity index (χ4v) is 6.14. The normalized spacial score (nSPS) is 23.0. The summed E-state index contributed by atoms with van der Waals surface area (Å²) in [5.41, 5.74) is 2.96. The first-order valence-electron chi connectivity index (χ1n) is 12.0. The third-order valence-electron chi connectivity index (χ3n) is 6.90. The molecule has 0 radical (unpaired) electrons. The molecule has 3 aromatic rings. The number of esters is 1. The molecule has 1 heterocycles. The number of ether oxygens (including phenoxy) is 1. The van der Waals surface area contributed by atoms with Crippen molar-refractivity contribution in [2.45, 2.75) is 22.5 Å². The first-order chi connectivity index (χ1) is 17.8. The van der Waals surface area contributed by atoms with Crippen molar-refractivity contribution in [1.82, 2.24) is 0 Å². The molecule has 6 nitrogen and oxygen atoms in total. The van der Waals surface area contributed by atoms with Gasteiger partial charge in [0.25, 0.3) is 0 Å². The van der Waals surface area contributed by atoms with Gasteiger partial charge in [-0.15, -0.1) is 0 Å². The van der Waals surface area contributed by atoms with Crippen LogP contribution in [-0.2, 0) is 14.3 Å². The highest BCUT2D eigenvalue weighted by atomic mass is 79.9. The molecular formula is C29H23Br2NO5. The summed E-state index contributed by atoms with van der Waals surface area (Å²) in [6, 6.07) is 23.1. The monoisotopic (exact) mass is 623 g/mol. The molecule has 37 heavy (non-hydrogen) atoms. The molecule has 0 aromatic heterocycles. The molecule has 5 rings (SSSR count). The zero-order valence-electron chi connectivity index (χ0n) is 19.7. The Kier molecular flexibility index (Phi) is 7.40. The lowest BCUT2D eigenvalue weighted by Gasteiger charge is -2.29. The summed E-state index contributed by atoms with van der Waals surface area (Å²) in [5.74, 6) is -2.29. The summed E-state index contributed by atoms with van der Waals surface area (Å²) in [6.07, 6.45) is 1.13. The van der Waals surface area contributed by atoms with Gasteiger partial charge < -0.3 is 4.74 Å². The Morgan fingerprint density at radius 1 is 0.757 bits per heavy atom. The lowest BCUT2D eigenvalue weighted by atomic mass is 9.81. The van der Waals surface area contributed by atoms with Gasteiger partial charge in [-0.1, -0.05) is 92.5 Å². The average Bonchev–Trinajstić information content (AvgIpc) is 3.16. The smallest absolute Gasteiger partial charge is 0.338 e. The predicted molar refractivity (Wildman–Crippen MR) is 147 cm³/mol. The van der Waals surface area contributed by atoms with Crippen molar-refractivity contribution in [3.8, 4) is 11.1 Å². The molecule has 2 amide bonds. The van der Waals surface area contributed by atoms with Gasteiger partial charge in [0, 0.05) is 15.2 Å².